The standard InChI is InChI=1S/C19H22N4O2/c1-25-18-15(5-3-7-21-18)9-22-10-16-12-23(13-17(16)11-22)19(24)14-4-2-6-20-8-14/h2-8,16-17H,9-13H2,1H3/t16-,17+. The van der Waals surface area contributed by atoms with Crippen LogP contribution in [0.2, 0.25) is 0 Å². The van der Waals surface area contributed by atoms with Crippen molar-refractivity contribution in [2.24, 2.45) is 11.8 Å². The van der Waals surface area contributed by atoms with Crippen LogP contribution in [-0.2, 0) is 6.54 Å². The molecule has 2 aliphatic heterocycles. The number of amides is 1. The van der Waals surface area contributed by atoms with Gasteiger partial charge in [-0.15, -0.1) is 0 Å². The lowest BCUT2D eigenvalue weighted by atomic mass is 10.0. The van der Waals surface area contributed by atoms with Crippen LogP contribution in [0.25, 0.3) is 0 Å². The van der Waals surface area contributed by atoms with Crippen LogP contribution in [0.1, 0.15) is 15.9 Å². The molecule has 4 rings (SSSR count). The van der Waals surface area contributed by atoms with Crippen molar-refractivity contribution in [3.63, 3.8) is 0 Å². The largest absolute Gasteiger partial charge is 0.481 e. The summed E-state index contributed by atoms with van der Waals surface area (Å²) in [5.41, 5.74) is 1.80. The van der Waals surface area contributed by atoms with Gasteiger partial charge in [-0.2, -0.15) is 0 Å². The van der Waals surface area contributed by atoms with Gasteiger partial charge in [0.15, 0.2) is 0 Å². The number of pyridine rings is 2. The van der Waals surface area contributed by atoms with Crippen molar-refractivity contribution in [2.75, 3.05) is 33.3 Å². The second-order valence-corrected chi connectivity index (χ2v) is 6.84. The monoisotopic (exact) mass is 338 g/mol. The zero-order valence-electron chi connectivity index (χ0n) is 14.3. The van der Waals surface area contributed by atoms with Crippen molar-refractivity contribution in [3.05, 3.63) is 54.0 Å². The number of hydrogen-bond acceptors (Lipinski definition) is 5. The Balaban J connectivity index is 1.37. The molecule has 2 saturated heterocycles. The first-order valence-corrected chi connectivity index (χ1v) is 8.64. The average molecular weight is 338 g/mol. The van der Waals surface area contributed by atoms with Gasteiger partial charge in [0.2, 0.25) is 5.88 Å². The van der Waals surface area contributed by atoms with Gasteiger partial charge in [0.05, 0.1) is 12.7 Å². The molecule has 0 bridgehead atoms. The van der Waals surface area contributed by atoms with Crippen LogP contribution in [0.5, 0.6) is 5.88 Å². The Morgan fingerprint density at radius 3 is 2.60 bits per heavy atom. The van der Waals surface area contributed by atoms with Gasteiger partial charge in [-0.3, -0.25) is 14.7 Å². The number of hydrogen-bond donors (Lipinski definition) is 0. The fourth-order valence-corrected chi connectivity index (χ4v) is 4.03. The molecule has 0 radical (unpaired) electrons. The average Bonchev–Trinajstić information content (AvgIpc) is 3.21. The number of ether oxygens (including phenoxy) is 1. The molecule has 0 aromatic carbocycles. The van der Waals surface area contributed by atoms with Gasteiger partial charge >= 0.3 is 0 Å². The van der Waals surface area contributed by atoms with Crippen molar-refractivity contribution in [1.82, 2.24) is 19.8 Å². The number of likely N-dealkylation sites (tertiary alicyclic amines) is 2. The first-order chi connectivity index (χ1) is 12.2. The molecule has 2 aromatic heterocycles. The highest BCUT2D eigenvalue weighted by Gasteiger charge is 2.41. The minimum absolute atomic E-state index is 0.1000. The molecule has 2 atom stereocenters. The van der Waals surface area contributed by atoms with E-state index in [-0.39, 0.29) is 5.91 Å². The van der Waals surface area contributed by atoms with Gasteiger partial charge in [0.25, 0.3) is 5.91 Å². The Kier molecular flexibility index (Phi) is 4.36. The lowest BCUT2D eigenvalue weighted by Crippen LogP contribution is -2.33. The van der Waals surface area contributed by atoms with Crippen LogP contribution >= 0.6 is 0 Å². The Labute approximate surface area is 147 Å². The first-order valence-electron chi connectivity index (χ1n) is 8.64. The second kappa shape index (κ2) is 6.80. The van der Waals surface area contributed by atoms with Gasteiger partial charge < -0.3 is 9.64 Å². The number of carbonyl (C=O) groups excluding carboxylic acids is 1. The van der Waals surface area contributed by atoms with E-state index >= 15 is 0 Å². The van der Waals surface area contributed by atoms with Crippen LogP contribution in [0, 0.1) is 11.8 Å². The third-order valence-corrected chi connectivity index (χ3v) is 5.19. The predicted molar refractivity (Wildman–Crippen MR) is 93.2 cm³/mol. The summed E-state index contributed by atoms with van der Waals surface area (Å²) < 4.78 is 5.35. The Bertz CT molecular complexity index is 738. The van der Waals surface area contributed by atoms with Crippen molar-refractivity contribution in [1.29, 1.82) is 0 Å². The van der Waals surface area contributed by atoms with E-state index in [1.165, 1.54) is 0 Å². The van der Waals surface area contributed by atoms with Gasteiger partial charge in [-0.1, -0.05) is 6.07 Å². The van der Waals surface area contributed by atoms with Gasteiger partial charge in [-0.05, 0) is 30.0 Å². The number of aromatic nitrogens is 2. The lowest BCUT2D eigenvalue weighted by molar-refractivity contribution is 0.0773. The first kappa shape index (κ1) is 16.0. The molecule has 1 amide bonds. The minimum Gasteiger partial charge on any atom is -0.481 e. The van der Waals surface area contributed by atoms with Crippen molar-refractivity contribution in [3.8, 4) is 5.88 Å². The molecule has 0 aliphatic carbocycles. The molecular formula is C19H22N4O2. The van der Waals surface area contributed by atoms with E-state index in [4.69, 9.17) is 4.74 Å². The van der Waals surface area contributed by atoms with Gasteiger partial charge in [-0.25, -0.2) is 4.98 Å². The molecule has 25 heavy (non-hydrogen) atoms. The molecule has 130 valence electrons. The SMILES string of the molecule is COc1ncccc1CN1C[C@@H]2CN(C(=O)c3cccnc3)C[C@@H]2C1. The van der Waals surface area contributed by atoms with E-state index in [1.807, 2.05) is 23.1 Å². The summed E-state index contributed by atoms with van der Waals surface area (Å²) in [5, 5.41) is 0. The van der Waals surface area contributed by atoms with Gasteiger partial charge in [0.1, 0.15) is 0 Å². The zero-order valence-corrected chi connectivity index (χ0v) is 14.3. The molecule has 2 aromatic rings. The smallest absolute Gasteiger partial charge is 0.255 e. The van der Waals surface area contributed by atoms with Crippen molar-refractivity contribution < 1.29 is 9.53 Å². The van der Waals surface area contributed by atoms with Gasteiger partial charge in [0, 0.05) is 56.9 Å². The van der Waals surface area contributed by atoms with Crippen LogP contribution in [0.4, 0.5) is 0 Å². The minimum atomic E-state index is 0.1000. The maximum atomic E-state index is 12.6. The highest BCUT2D eigenvalue weighted by atomic mass is 16.5. The summed E-state index contributed by atoms with van der Waals surface area (Å²) in [7, 11) is 1.66. The third-order valence-electron chi connectivity index (χ3n) is 5.19. The number of nitrogens with zero attached hydrogens (tertiary/aromatic N) is 4. The van der Waals surface area contributed by atoms with E-state index in [2.05, 4.69) is 20.9 Å². The van der Waals surface area contributed by atoms with Crippen LogP contribution in [0.3, 0.4) is 0 Å². The van der Waals surface area contributed by atoms with E-state index < -0.39 is 0 Å². The molecule has 2 fully saturated rings. The van der Waals surface area contributed by atoms with Crippen molar-refractivity contribution in [2.45, 2.75) is 6.54 Å². The number of methoxy groups -OCH3 is 1. The van der Waals surface area contributed by atoms with E-state index in [0.29, 0.717) is 23.3 Å². The Morgan fingerprint density at radius 2 is 1.92 bits per heavy atom. The maximum absolute atomic E-state index is 12.6. The van der Waals surface area contributed by atoms with Crippen LogP contribution in [0.15, 0.2) is 42.9 Å². The summed E-state index contributed by atoms with van der Waals surface area (Å²) in [4.78, 5) is 25.3. The van der Waals surface area contributed by atoms with E-state index in [1.54, 1.807) is 25.7 Å². The quantitative estimate of drug-likeness (QED) is 0.849. The van der Waals surface area contributed by atoms with E-state index in [9.17, 15) is 4.79 Å². The third kappa shape index (κ3) is 3.22. The molecular weight excluding hydrogens is 316 g/mol. The fourth-order valence-electron chi connectivity index (χ4n) is 4.03. The normalized spacial score (nSPS) is 22.8. The molecule has 0 unspecified atom stereocenters. The Hall–Kier alpha value is -2.47. The second-order valence-electron chi connectivity index (χ2n) is 6.84. The molecule has 2 aliphatic rings. The predicted octanol–water partition coefficient (Wildman–Crippen LogP) is 1.69. The molecule has 6 nitrogen and oxygen atoms in total. The number of carbonyl (C=O) groups is 1. The maximum Gasteiger partial charge on any atom is 0.255 e. The summed E-state index contributed by atoms with van der Waals surface area (Å²) >= 11 is 0. The number of rotatable bonds is 4. The lowest BCUT2D eigenvalue weighted by Gasteiger charge is -2.22. The molecule has 0 N–H and O–H groups in total. The molecule has 0 saturated carbocycles. The Morgan fingerprint density at radius 1 is 1.16 bits per heavy atom. The highest BCUT2D eigenvalue weighted by Crippen LogP contribution is 2.33. The van der Waals surface area contributed by atoms with Crippen LogP contribution in [-0.4, -0.2) is 59.0 Å². The summed E-state index contributed by atoms with van der Waals surface area (Å²) in [5.74, 6) is 1.89. The summed E-state index contributed by atoms with van der Waals surface area (Å²) in [6.07, 6.45) is 5.10. The zero-order chi connectivity index (χ0) is 17.2. The van der Waals surface area contributed by atoms with Crippen molar-refractivity contribution >= 4 is 5.91 Å². The van der Waals surface area contributed by atoms with E-state index in [0.717, 1.165) is 38.3 Å². The summed E-state index contributed by atoms with van der Waals surface area (Å²) in [6.45, 7) is 4.54. The topological polar surface area (TPSA) is 58.6 Å². The van der Waals surface area contributed by atoms with Crippen LogP contribution < -0.4 is 4.74 Å². The molecule has 6 heteroatoms. The number of fused-ring (bicyclic) bond motifs is 1. The fraction of sp³-hybridized carbons (Fsp3) is 0.421. The molecule has 0 spiro atoms. The highest BCUT2D eigenvalue weighted by molar-refractivity contribution is 5.94. The summed E-state index contributed by atoms with van der Waals surface area (Å²) in [6, 6.07) is 7.67. The molecule has 4 heterocycles.